The van der Waals surface area contributed by atoms with Gasteiger partial charge in [-0.2, -0.15) is 0 Å². The fourth-order valence-corrected chi connectivity index (χ4v) is 3.58. The molecule has 0 saturated heterocycles. The first-order valence-electron chi connectivity index (χ1n) is 10.5. The molecule has 0 aromatic heterocycles. The second-order valence-corrected chi connectivity index (χ2v) is 8.57. The zero-order valence-corrected chi connectivity index (χ0v) is 20.1. The third kappa shape index (κ3) is 7.24. The Morgan fingerprint density at radius 2 is 1.36 bits per heavy atom. The van der Waals surface area contributed by atoms with Crippen molar-refractivity contribution in [2.45, 2.75) is 32.5 Å². The minimum Gasteiger partial charge on any atom is -0.497 e. The Morgan fingerprint density at radius 1 is 0.848 bits per heavy atom. The molecule has 0 heterocycles. The molecule has 7 heteroatoms. The van der Waals surface area contributed by atoms with Crippen molar-refractivity contribution >= 4 is 35.0 Å². The van der Waals surface area contributed by atoms with Crippen LogP contribution in [0.15, 0.2) is 72.8 Å². The smallest absolute Gasteiger partial charge is 0.242 e. The van der Waals surface area contributed by atoms with Crippen LogP contribution < -0.4 is 10.1 Å². The summed E-state index contributed by atoms with van der Waals surface area (Å²) < 4.78 is 5.16. The van der Waals surface area contributed by atoms with Crippen molar-refractivity contribution in [3.8, 4) is 5.75 Å². The van der Waals surface area contributed by atoms with Crippen LogP contribution in [-0.2, 0) is 29.1 Å². The number of amides is 2. The van der Waals surface area contributed by atoms with E-state index in [4.69, 9.17) is 27.9 Å². The van der Waals surface area contributed by atoms with Crippen molar-refractivity contribution in [2.24, 2.45) is 0 Å². The van der Waals surface area contributed by atoms with Gasteiger partial charge < -0.3 is 15.0 Å². The average Bonchev–Trinajstić information content (AvgIpc) is 2.83. The van der Waals surface area contributed by atoms with E-state index in [1.807, 2.05) is 48.5 Å². The van der Waals surface area contributed by atoms with Crippen LogP contribution in [0.4, 0.5) is 0 Å². The number of halogens is 2. The highest BCUT2D eigenvalue weighted by Crippen LogP contribution is 2.17. The molecular weight excluding hydrogens is 459 g/mol. The predicted octanol–water partition coefficient (Wildman–Crippen LogP) is 5.28. The Labute approximate surface area is 204 Å². The van der Waals surface area contributed by atoms with E-state index in [0.717, 1.165) is 22.4 Å². The van der Waals surface area contributed by atoms with Gasteiger partial charge in [0.05, 0.1) is 13.5 Å². The first-order valence-corrected chi connectivity index (χ1v) is 11.3. The van der Waals surface area contributed by atoms with Crippen LogP contribution in [0.2, 0.25) is 10.0 Å². The van der Waals surface area contributed by atoms with E-state index < -0.39 is 6.04 Å². The van der Waals surface area contributed by atoms with Gasteiger partial charge in [-0.25, -0.2) is 0 Å². The van der Waals surface area contributed by atoms with Crippen molar-refractivity contribution in [1.82, 2.24) is 10.2 Å². The molecule has 0 aliphatic heterocycles. The number of rotatable bonds is 9. The molecule has 2 amide bonds. The highest BCUT2D eigenvalue weighted by molar-refractivity contribution is 6.30. The summed E-state index contributed by atoms with van der Waals surface area (Å²) in [6, 6.07) is 21.2. The molecule has 0 spiro atoms. The highest BCUT2D eigenvalue weighted by Gasteiger charge is 2.26. The summed E-state index contributed by atoms with van der Waals surface area (Å²) in [6.07, 6.45) is 0.168. The maximum absolute atomic E-state index is 13.2. The van der Waals surface area contributed by atoms with Crippen LogP contribution in [-0.4, -0.2) is 29.9 Å². The lowest BCUT2D eigenvalue weighted by molar-refractivity contribution is -0.140. The second-order valence-electron chi connectivity index (χ2n) is 7.69. The van der Waals surface area contributed by atoms with Crippen molar-refractivity contribution in [1.29, 1.82) is 0 Å². The number of methoxy groups -OCH3 is 1. The molecule has 3 aromatic carbocycles. The number of carbonyl (C=O) groups excluding carboxylic acids is 2. The van der Waals surface area contributed by atoms with Gasteiger partial charge in [-0.3, -0.25) is 9.59 Å². The topological polar surface area (TPSA) is 58.6 Å². The van der Waals surface area contributed by atoms with Gasteiger partial charge in [0.1, 0.15) is 11.8 Å². The molecule has 0 unspecified atom stereocenters. The quantitative estimate of drug-likeness (QED) is 0.449. The number of hydrogen-bond donors (Lipinski definition) is 1. The number of carbonyl (C=O) groups is 2. The number of benzene rings is 3. The van der Waals surface area contributed by atoms with Crippen LogP contribution in [0, 0.1) is 0 Å². The van der Waals surface area contributed by atoms with Gasteiger partial charge in [0.25, 0.3) is 0 Å². The Morgan fingerprint density at radius 3 is 1.91 bits per heavy atom. The highest BCUT2D eigenvalue weighted by atomic mass is 35.5. The third-order valence-electron chi connectivity index (χ3n) is 5.33. The molecule has 0 fully saturated rings. The Bertz CT molecular complexity index is 1070. The maximum atomic E-state index is 13.2. The van der Waals surface area contributed by atoms with Crippen LogP contribution in [0.5, 0.6) is 5.75 Å². The largest absolute Gasteiger partial charge is 0.497 e. The van der Waals surface area contributed by atoms with E-state index in [2.05, 4.69) is 5.32 Å². The number of nitrogens with zero attached hydrogens (tertiary/aromatic N) is 1. The summed E-state index contributed by atoms with van der Waals surface area (Å²) in [4.78, 5) is 27.8. The lowest BCUT2D eigenvalue weighted by Crippen LogP contribution is -2.47. The van der Waals surface area contributed by atoms with E-state index in [1.54, 1.807) is 43.2 Å². The second kappa shape index (κ2) is 11.7. The van der Waals surface area contributed by atoms with Crippen molar-refractivity contribution < 1.29 is 14.3 Å². The first kappa shape index (κ1) is 24.6. The molecule has 3 rings (SSSR count). The number of nitrogens with one attached hydrogen (secondary N) is 1. The Kier molecular flexibility index (Phi) is 8.75. The molecule has 3 aromatic rings. The van der Waals surface area contributed by atoms with Crippen LogP contribution in [0.1, 0.15) is 23.6 Å². The fraction of sp³-hybridized carbons (Fsp3) is 0.231. The monoisotopic (exact) mass is 484 g/mol. The summed E-state index contributed by atoms with van der Waals surface area (Å²) in [5.74, 6) is 0.365. The molecule has 0 bridgehead atoms. The van der Waals surface area contributed by atoms with Crippen molar-refractivity contribution in [3.05, 3.63) is 99.5 Å². The van der Waals surface area contributed by atoms with Crippen LogP contribution in [0.25, 0.3) is 0 Å². The standard InChI is InChI=1S/C26H26Cl2N2O3/c1-18(26(32)29-16-20-7-13-24(33-2)14-8-20)30(17-21-5-11-23(28)12-6-21)25(31)15-19-3-9-22(27)10-4-19/h3-14,18H,15-17H2,1-2H3,(H,29,32)/t18-/m0/s1. The van der Waals surface area contributed by atoms with Crippen molar-refractivity contribution in [3.63, 3.8) is 0 Å². The van der Waals surface area contributed by atoms with Gasteiger partial charge in [0.15, 0.2) is 0 Å². The van der Waals surface area contributed by atoms with E-state index in [-0.39, 0.29) is 18.2 Å². The number of hydrogen-bond acceptors (Lipinski definition) is 3. The molecule has 0 aliphatic rings. The fourth-order valence-electron chi connectivity index (χ4n) is 3.33. The van der Waals surface area contributed by atoms with Gasteiger partial charge in [-0.05, 0) is 60.0 Å². The van der Waals surface area contributed by atoms with E-state index in [0.29, 0.717) is 23.1 Å². The Hall–Kier alpha value is -3.02. The molecule has 33 heavy (non-hydrogen) atoms. The zero-order chi connectivity index (χ0) is 23.8. The molecule has 5 nitrogen and oxygen atoms in total. The minimum atomic E-state index is -0.668. The molecular formula is C26H26Cl2N2O3. The predicted molar refractivity (Wildman–Crippen MR) is 131 cm³/mol. The maximum Gasteiger partial charge on any atom is 0.242 e. The summed E-state index contributed by atoms with van der Waals surface area (Å²) >= 11 is 12.0. The first-order chi connectivity index (χ1) is 15.9. The lowest BCUT2D eigenvalue weighted by atomic mass is 10.1. The summed E-state index contributed by atoms with van der Waals surface area (Å²) in [7, 11) is 1.61. The lowest BCUT2D eigenvalue weighted by Gasteiger charge is -2.29. The van der Waals surface area contributed by atoms with E-state index in [1.165, 1.54) is 0 Å². The van der Waals surface area contributed by atoms with Gasteiger partial charge in [-0.15, -0.1) is 0 Å². The van der Waals surface area contributed by atoms with Crippen LogP contribution >= 0.6 is 23.2 Å². The minimum absolute atomic E-state index is 0.153. The van der Waals surface area contributed by atoms with Crippen LogP contribution in [0.3, 0.4) is 0 Å². The third-order valence-corrected chi connectivity index (χ3v) is 5.83. The average molecular weight is 485 g/mol. The van der Waals surface area contributed by atoms with Gasteiger partial charge in [0.2, 0.25) is 11.8 Å². The summed E-state index contributed by atoms with van der Waals surface area (Å²) in [5, 5.41) is 4.15. The molecule has 1 atom stereocenters. The molecule has 0 aliphatic carbocycles. The normalized spacial score (nSPS) is 11.5. The molecule has 172 valence electrons. The summed E-state index contributed by atoms with van der Waals surface area (Å²) in [5.41, 5.74) is 2.66. The zero-order valence-electron chi connectivity index (χ0n) is 18.6. The SMILES string of the molecule is COc1ccc(CNC(=O)[C@H](C)N(Cc2ccc(Cl)cc2)C(=O)Cc2ccc(Cl)cc2)cc1. The van der Waals surface area contributed by atoms with Gasteiger partial charge in [-0.1, -0.05) is 59.6 Å². The molecule has 0 radical (unpaired) electrons. The van der Waals surface area contributed by atoms with Crippen molar-refractivity contribution in [2.75, 3.05) is 7.11 Å². The van der Waals surface area contributed by atoms with E-state index >= 15 is 0 Å². The molecule has 1 N–H and O–H groups in total. The van der Waals surface area contributed by atoms with Gasteiger partial charge >= 0.3 is 0 Å². The van der Waals surface area contributed by atoms with Gasteiger partial charge in [0, 0.05) is 23.1 Å². The molecule has 0 saturated carbocycles. The number of ether oxygens (including phenoxy) is 1. The summed E-state index contributed by atoms with van der Waals surface area (Å²) in [6.45, 7) is 2.38. The van der Waals surface area contributed by atoms with E-state index in [9.17, 15) is 9.59 Å². The Balaban J connectivity index is 1.72.